The summed E-state index contributed by atoms with van der Waals surface area (Å²) < 4.78 is 144. The second-order valence-corrected chi connectivity index (χ2v) is 28.0. The first-order valence-electron chi connectivity index (χ1n) is 22.8. The van der Waals surface area contributed by atoms with E-state index in [1.165, 1.54) is 32.8 Å². The molecule has 32 nitrogen and oxygen atoms in total. The van der Waals surface area contributed by atoms with Crippen molar-refractivity contribution >= 4 is 108 Å². The Morgan fingerprint density at radius 2 is 0.741 bits per heavy atom. The van der Waals surface area contributed by atoms with Crippen LogP contribution in [0, 0.1) is 38.5 Å². The molecule has 6 aliphatic heterocycles. The first-order chi connectivity index (χ1) is 36.7. The van der Waals surface area contributed by atoms with E-state index in [2.05, 4.69) is 22.8 Å². The van der Waals surface area contributed by atoms with Crippen molar-refractivity contribution in [1.29, 1.82) is 0 Å². The minimum absolute atomic E-state index is 0. The van der Waals surface area contributed by atoms with E-state index in [1.807, 2.05) is 0 Å². The topological polar surface area (TPSA) is 431 Å². The Bertz CT molecular complexity index is 2250. The third kappa shape index (κ3) is 33.8. The van der Waals surface area contributed by atoms with Gasteiger partial charge in [0.15, 0.2) is 13.6 Å². The van der Waals surface area contributed by atoms with Crippen molar-refractivity contribution in [2.45, 2.75) is 116 Å². The Morgan fingerprint density at radius 3 is 1.06 bits per heavy atom. The van der Waals surface area contributed by atoms with Crippen molar-refractivity contribution in [3.8, 4) is 0 Å². The summed E-state index contributed by atoms with van der Waals surface area (Å²) in [5.41, 5.74) is 0. The maximum atomic E-state index is 12.6. The SMILES string of the molecule is [B]C1[CH-]C(O)C(COP(O)(=S)OC2[CH-]C([B])OC2COP(=O)(O)OC2[CH-]C([B])OC2COP(=O)([O-])OCOC)O1.[B]C1[CH-]C(OP(=O)(O)OCC2OC([B])[CH-]C2OP(O)(=S)OCC2OC(C)[CH-]C2O)C(COP(=O)([O-])OCO)O1.[W].[W].[W].[W].[W].[W]. The van der Waals surface area contributed by atoms with Gasteiger partial charge in [-0.3, -0.25) is 65.8 Å². The zero-order chi connectivity index (χ0) is 58.7. The van der Waals surface area contributed by atoms with Crippen molar-refractivity contribution in [3.63, 3.8) is 0 Å². The molecule has 0 aromatic heterocycles. The van der Waals surface area contributed by atoms with Gasteiger partial charge in [0.25, 0.3) is 15.6 Å². The van der Waals surface area contributed by atoms with Gasteiger partial charge in [-0.15, -0.1) is 0 Å². The summed E-state index contributed by atoms with van der Waals surface area (Å²) in [6, 6.07) is -5.01. The Balaban J connectivity index is 0. The van der Waals surface area contributed by atoms with Crippen molar-refractivity contribution in [1.82, 2.24) is 0 Å². The molecule has 6 fully saturated rings. The second kappa shape index (κ2) is 42.5. The van der Waals surface area contributed by atoms with Crippen LogP contribution in [0.1, 0.15) is 6.92 Å². The maximum absolute atomic E-state index is 12.6. The molecule has 6 saturated heterocycles. The second-order valence-electron chi connectivity index (χ2n) is 16.8. The van der Waals surface area contributed by atoms with Crippen molar-refractivity contribution in [3.05, 3.63) is 38.5 Å². The molecule has 0 aromatic rings. The van der Waals surface area contributed by atoms with Gasteiger partial charge in [-0.1, -0.05) is 43.0 Å². The smallest absolute Gasteiger partial charge is 0.470 e. The van der Waals surface area contributed by atoms with E-state index >= 15 is 0 Å². The predicted molar refractivity (Wildman–Crippen MR) is 268 cm³/mol. The van der Waals surface area contributed by atoms with Gasteiger partial charge in [0.05, 0.1) is 115 Å². The molecule has 85 heavy (non-hydrogen) atoms. The zero-order valence-corrected chi connectivity index (χ0v) is 68.3. The molecular weight excluding hydrogens is 2330 g/mol. The van der Waals surface area contributed by atoms with Crippen LogP contribution >= 0.6 is 44.7 Å². The molecule has 7 N–H and O–H groups in total. The third-order valence-electron chi connectivity index (χ3n) is 10.6. The van der Waals surface area contributed by atoms with Gasteiger partial charge in [0.1, 0.15) is 0 Å². The molecule has 6 heterocycles. The average molecular weight is 2380 g/mol. The van der Waals surface area contributed by atoms with E-state index in [9.17, 15) is 57.8 Å². The van der Waals surface area contributed by atoms with Gasteiger partial charge in [-0.05, 0) is 60.2 Å². The van der Waals surface area contributed by atoms with Crippen molar-refractivity contribution in [2.24, 2.45) is 0 Å². The van der Waals surface area contributed by atoms with Gasteiger partial charge < -0.3 is 114 Å². The molecule has 51 heteroatoms. The molecule has 6 aliphatic rings. The van der Waals surface area contributed by atoms with Gasteiger partial charge in [0.2, 0.25) is 0 Å². The van der Waals surface area contributed by atoms with Crippen LogP contribution in [0.15, 0.2) is 0 Å². The Labute approximate surface area is 593 Å². The van der Waals surface area contributed by atoms with Gasteiger partial charge >= 0.3 is 29.1 Å². The van der Waals surface area contributed by atoms with Crippen LogP contribution in [0.25, 0.3) is 0 Å². The number of ether oxygens (including phenoxy) is 7. The Morgan fingerprint density at radius 1 is 0.447 bits per heavy atom. The van der Waals surface area contributed by atoms with Crippen LogP contribution in [0.5, 0.6) is 0 Å². The summed E-state index contributed by atoms with van der Waals surface area (Å²) in [6.45, 7) is -11.1. The molecule has 10 radical (unpaired) electrons. The molecule has 24 unspecified atom stereocenters. The van der Waals surface area contributed by atoms with Gasteiger partial charge in [-0.2, -0.15) is 0 Å². The summed E-state index contributed by atoms with van der Waals surface area (Å²) in [5.74, 6) is 0. The van der Waals surface area contributed by atoms with Gasteiger partial charge in [0, 0.05) is 134 Å². The fourth-order valence-electron chi connectivity index (χ4n) is 7.22. The van der Waals surface area contributed by atoms with Gasteiger partial charge in [-0.25, -0.2) is 9.13 Å². The molecule has 482 valence electrons. The number of rotatable bonds is 31. The van der Waals surface area contributed by atoms with E-state index in [-0.39, 0.29) is 146 Å². The first-order valence-corrected chi connectivity index (χ1v) is 33.8. The van der Waals surface area contributed by atoms with Crippen LogP contribution in [0.3, 0.4) is 0 Å². The molecule has 0 spiro atoms. The Hall–Kier alpha value is 5.55. The largest absolute Gasteiger partial charge is 0.756 e. The van der Waals surface area contributed by atoms with Crippen LogP contribution in [0.4, 0.5) is 0 Å². The maximum Gasteiger partial charge on any atom is 0.470 e. The number of aliphatic hydroxyl groups excluding tert-OH is 3. The monoisotopic (exact) mass is 2380 g/mol. The quantitative estimate of drug-likeness (QED) is 0.0150. The fraction of sp³-hybridized carbons (Fsp3) is 0.824. The minimum atomic E-state index is -4.87. The van der Waals surface area contributed by atoms with Crippen molar-refractivity contribution < 1.29 is 277 Å². The number of hydrogen-bond acceptors (Lipinski definition) is 30. The normalized spacial score (nSPS) is 36.6. The van der Waals surface area contributed by atoms with Crippen LogP contribution < -0.4 is 9.79 Å². The Kier molecular flexibility index (Phi) is 46.3. The number of hydrogen-bond donors (Lipinski definition) is 7. The van der Waals surface area contributed by atoms with E-state index in [4.69, 9.17) is 133 Å². The number of phosphoric ester groups is 4. The van der Waals surface area contributed by atoms with Crippen LogP contribution in [-0.4, -0.2) is 244 Å². The van der Waals surface area contributed by atoms with E-state index in [1.54, 1.807) is 13.3 Å². The predicted octanol–water partition coefficient (Wildman–Crippen LogP) is -4.04. The molecule has 0 aromatic carbocycles. The molecule has 0 saturated carbocycles. The molecule has 6 rings (SSSR count). The molecule has 0 aliphatic carbocycles. The minimum Gasteiger partial charge on any atom is -0.756 e. The summed E-state index contributed by atoms with van der Waals surface area (Å²) in [4.78, 5) is 64.5. The number of methoxy groups -OCH3 is 1. The van der Waals surface area contributed by atoms with Crippen molar-refractivity contribution in [2.75, 3.05) is 60.3 Å². The average Bonchev–Trinajstić information content (AvgIpc) is 4.17. The zero-order valence-electron chi connectivity index (χ0n) is 43.7. The summed E-state index contributed by atoms with van der Waals surface area (Å²) in [5, 5.41) is 28.3. The summed E-state index contributed by atoms with van der Waals surface area (Å²) in [7, 11) is 10.1. The van der Waals surface area contributed by atoms with E-state index in [0.29, 0.717) is 0 Å². The molecule has 0 amide bonds. The first kappa shape index (κ1) is 92.6. The summed E-state index contributed by atoms with van der Waals surface area (Å²) in [6.07, 6.45) is -5.77. The fourth-order valence-corrected chi connectivity index (χ4v) is 13.0. The molecular formula is C34H53B5O32P6S2W6-8. The number of phosphoric acid groups is 4. The summed E-state index contributed by atoms with van der Waals surface area (Å²) >= 11 is 9.98. The van der Waals surface area contributed by atoms with Crippen LogP contribution in [0.2, 0.25) is 0 Å². The van der Waals surface area contributed by atoms with Crippen LogP contribution in [-0.2, 0) is 256 Å². The standard InChI is InChI=1S/C17H27B3O16P3S.C17H28B2O16P3S.6W/c1-27-8-31-37(22,23)28-6-13-10(3-16(19)33-13)35-38(24,25)29-7-14-11(4-17(20)34-14)36-39(26,40)30-5-12-9(21)2-15(18)32-12;1-9-2-10(21)13(31-9)5-29-38(26,39)35-12-4-17(19)33-15(12)7-28-37(24,25)34-11-3-16(18)32-14(11)6-27-36(22,23)30-8-20;;;;;;/h2-4,9-17,21H,5-8H2,1H3,(H,22,23)(H,24,25)(H,26,40);2-4,9-17,20-21H,5-8H2,1H3,(H,22,23)(H,24,25)(H,26,39);;;;;;/q2*-3;;;;;;/p-2. The van der Waals surface area contributed by atoms with E-state index < -0.39 is 188 Å². The molecule has 24 atom stereocenters. The molecule has 0 bridgehead atoms. The third-order valence-corrected chi connectivity index (χ3v) is 17.5. The number of aliphatic hydroxyl groups is 3. The van der Waals surface area contributed by atoms with E-state index in [0.717, 1.165) is 6.42 Å².